The smallest absolute Gasteiger partial charge is 0.230 e. The summed E-state index contributed by atoms with van der Waals surface area (Å²) >= 11 is 1.56. The van der Waals surface area contributed by atoms with Gasteiger partial charge in [0.15, 0.2) is 0 Å². The molecule has 0 heterocycles. The first-order chi connectivity index (χ1) is 8.24. The van der Waals surface area contributed by atoms with Gasteiger partial charge in [-0.25, -0.2) is 4.39 Å². The molecule has 0 radical (unpaired) electrons. The van der Waals surface area contributed by atoms with Crippen molar-refractivity contribution in [1.29, 1.82) is 0 Å². The summed E-state index contributed by atoms with van der Waals surface area (Å²) in [6.07, 6.45) is 2.51. The third kappa shape index (κ3) is 4.77. The summed E-state index contributed by atoms with van der Waals surface area (Å²) in [6.45, 7) is 0.829. The van der Waals surface area contributed by atoms with E-state index in [9.17, 15) is 9.18 Å². The van der Waals surface area contributed by atoms with E-state index in [-0.39, 0.29) is 11.7 Å². The number of benzene rings is 1. The first-order valence-electron chi connectivity index (χ1n) is 5.83. The van der Waals surface area contributed by atoms with Crippen LogP contribution in [0.2, 0.25) is 0 Å². The summed E-state index contributed by atoms with van der Waals surface area (Å²) in [5, 5.41) is 2.92. The Morgan fingerprint density at radius 1 is 1.35 bits per heavy atom. The Balaban J connectivity index is 1.61. The molecular formula is C13H16FNOS. The normalized spacial score (nSPS) is 14.6. The van der Waals surface area contributed by atoms with Crippen LogP contribution in [0.4, 0.5) is 4.39 Å². The number of thioether (sulfide) groups is 1. The molecule has 1 saturated carbocycles. The molecule has 0 spiro atoms. The molecule has 1 aliphatic rings. The highest BCUT2D eigenvalue weighted by Crippen LogP contribution is 2.27. The van der Waals surface area contributed by atoms with Crippen LogP contribution in [0.5, 0.6) is 0 Å². The van der Waals surface area contributed by atoms with Crippen molar-refractivity contribution >= 4 is 17.7 Å². The number of nitrogens with one attached hydrogen (secondary N) is 1. The van der Waals surface area contributed by atoms with Gasteiger partial charge in [-0.1, -0.05) is 12.1 Å². The van der Waals surface area contributed by atoms with Crippen molar-refractivity contribution in [3.8, 4) is 0 Å². The van der Waals surface area contributed by atoms with Crippen molar-refractivity contribution in [3.63, 3.8) is 0 Å². The average molecular weight is 253 g/mol. The van der Waals surface area contributed by atoms with E-state index in [4.69, 9.17) is 0 Å². The molecule has 2 rings (SSSR count). The zero-order chi connectivity index (χ0) is 12.1. The van der Waals surface area contributed by atoms with Crippen LogP contribution in [0.25, 0.3) is 0 Å². The van der Waals surface area contributed by atoms with Crippen LogP contribution >= 0.6 is 11.8 Å². The van der Waals surface area contributed by atoms with E-state index in [0.717, 1.165) is 23.8 Å². The van der Waals surface area contributed by atoms with Crippen molar-refractivity contribution in [2.24, 2.45) is 5.92 Å². The van der Waals surface area contributed by atoms with Crippen molar-refractivity contribution < 1.29 is 9.18 Å². The molecule has 0 saturated heterocycles. The van der Waals surface area contributed by atoms with E-state index in [1.54, 1.807) is 23.9 Å². The van der Waals surface area contributed by atoms with Crippen LogP contribution in [-0.4, -0.2) is 18.2 Å². The number of amides is 1. The lowest BCUT2D eigenvalue weighted by atomic mass is 10.2. The molecule has 17 heavy (non-hydrogen) atoms. The first kappa shape index (κ1) is 12.4. The molecule has 1 aliphatic carbocycles. The Morgan fingerprint density at radius 3 is 2.71 bits per heavy atom. The van der Waals surface area contributed by atoms with Crippen LogP contribution in [0.15, 0.2) is 24.3 Å². The van der Waals surface area contributed by atoms with Gasteiger partial charge in [0.25, 0.3) is 0 Å². The molecule has 4 heteroatoms. The minimum absolute atomic E-state index is 0.101. The number of halogens is 1. The van der Waals surface area contributed by atoms with Crippen LogP contribution in [0, 0.1) is 11.7 Å². The Morgan fingerprint density at radius 2 is 2.06 bits per heavy atom. The molecule has 1 aromatic rings. The van der Waals surface area contributed by atoms with Gasteiger partial charge >= 0.3 is 0 Å². The largest absolute Gasteiger partial charge is 0.355 e. The molecule has 0 unspecified atom stereocenters. The van der Waals surface area contributed by atoms with Gasteiger partial charge in [0.1, 0.15) is 5.82 Å². The van der Waals surface area contributed by atoms with Gasteiger partial charge in [-0.05, 0) is 36.5 Å². The maximum atomic E-state index is 12.6. The lowest BCUT2D eigenvalue weighted by molar-refractivity contribution is -0.118. The molecule has 1 fully saturated rings. The maximum Gasteiger partial charge on any atom is 0.230 e. The number of carbonyl (C=O) groups excluding carboxylic acids is 1. The Kier molecular flexibility index (Phi) is 4.42. The van der Waals surface area contributed by atoms with Crippen molar-refractivity contribution in [2.45, 2.75) is 18.6 Å². The van der Waals surface area contributed by atoms with Gasteiger partial charge < -0.3 is 5.32 Å². The topological polar surface area (TPSA) is 29.1 Å². The Hall–Kier alpha value is -1.03. The third-order valence-corrected chi connectivity index (χ3v) is 3.70. The molecule has 1 amide bonds. The van der Waals surface area contributed by atoms with Crippen molar-refractivity contribution in [2.75, 3.05) is 12.3 Å². The number of hydrogen-bond donors (Lipinski definition) is 1. The fourth-order valence-electron chi connectivity index (χ4n) is 1.47. The average Bonchev–Trinajstić information content (AvgIpc) is 3.13. The van der Waals surface area contributed by atoms with Crippen LogP contribution in [0.3, 0.4) is 0 Å². The predicted molar refractivity (Wildman–Crippen MR) is 68.3 cm³/mol. The van der Waals surface area contributed by atoms with Gasteiger partial charge in [0, 0.05) is 12.3 Å². The molecule has 0 bridgehead atoms. The van der Waals surface area contributed by atoms with Gasteiger partial charge in [-0.2, -0.15) is 0 Å². The minimum Gasteiger partial charge on any atom is -0.355 e. The number of rotatable bonds is 6. The summed E-state index contributed by atoms with van der Waals surface area (Å²) in [4.78, 5) is 11.4. The van der Waals surface area contributed by atoms with E-state index in [1.165, 1.54) is 25.0 Å². The van der Waals surface area contributed by atoms with Gasteiger partial charge in [-0.15, -0.1) is 11.8 Å². The summed E-state index contributed by atoms with van der Waals surface area (Å²) in [5.41, 5.74) is 1.05. The van der Waals surface area contributed by atoms with Crippen LogP contribution in [-0.2, 0) is 10.5 Å². The fraction of sp³-hybridized carbons (Fsp3) is 0.462. The minimum atomic E-state index is -0.221. The molecule has 2 nitrogen and oxygen atoms in total. The van der Waals surface area contributed by atoms with Gasteiger partial charge in [0.05, 0.1) is 5.75 Å². The second kappa shape index (κ2) is 6.05. The lowest BCUT2D eigenvalue weighted by Gasteiger charge is -2.04. The first-order valence-corrected chi connectivity index (χ1v) is 6.98. The standard InChI is InChI=1S/C13H16FNOS/c14-12-5-3-11(4-6-12)8-17-9-13(16)15-7-10-1-2-10/h3-6,10H,1-2,7-9H2,(H,15,16). The quantitative estimate of drug-likeness (QED) is 0.844. The SMILES string of the molecule is O=C(CSCc1ccc(F)cc1)NCC1CC1. The Labute approximate surface area is 105 Å². The molecular weight excluding hydrogens is 237 g/mol. The molecule has 1 aromatic carbocycles. The molecule has 1 N–H and O–H groups in total. The van der Waals surface area contributed by atoms with Crippen LogP contribution in [0.1, 0.15) is 18.4 Å². The van der Waals surface area contributed by atoms with E-state index < -0.39 is 0 Å². The molecule has 0 atom stereocenters. The van der Waals surface area contributed by atoms with Gasteiger partial charge in [-0.3, -0.25) is 4.79 Å². The molecule has 92 valence electrons. The fourth-order valence-corrected chi connectivity index (χ4v) is 2.29. The highest BCUT2D eigenvalue weighted by atomic mass is 32.2. The second-order valence-electron chi connectivity index (χ2n) is 4.37. The number of carbonyl (C=O) groups is 1. The Bertz CT molecular complexity index is 376. The highest BCUT2D eigenvalue weighted by molar-refractivity contribution is 7.99. The summed E-state index contributed by atoms with van der Waals surface area (Å²) in [6, 6.07) is 6.40. The zero-order valence-electron chi connectivity index (χ0n) is 9.62. The maximum absolute atomic E-state index is 12.6. The van der Waals surface area contributed by atoms with Gasteiger partial charge in [0.2, 0.25) is 5.91 Å². The van der Waals surface area contributed by atoms with E-state index in [0.29, 0.717) is 5.75 Å². The monoisotopic (exact) mass is 253 g/mol. The van der Waals surface area contributed by atoms with Crippen molar-refractivity contribution in [1.82, 2.24) is 5.32 Å². The van der Waals surface area contributed by atoms with E-state index >= 15 is 0 Å². The van der Waals surface area contributed by atoms with Crippen molar-refractivity contribution in [3.05, 3.63) is 35.6 Å². The lowest BCUT2D eigenvalue weighted by Crippen LogP contribution is -2.27. The highest BCUT2D eigenvalue weighted by Gasteiger charge is 2.21. The summed E-state index contributed by atoms with van der Waals surface area (Å²) in [7, 11) is 0. The predicted octanol–water partition coefficient (Wildman–Crippen LogP) is 2.59. The summed E-state index contributed by atoms with van der Waals surface area (Å²) < 4.78 is 12.6. The molecule has 0 aromatic heterocycles. The molecule has 0 aliphatic heterocycles. The second-order valence-corrected chi connectivity index (χ2v) is 5.35. The summed E-state index contributed by atoms with van der Waals surface area (Å²) in [5.74, 6) is 1.83. The third-order valence-electron chi connectivity index (χ3n) is 2.70. The van der Waals surface area contributed by atoms with E-state index in [2.05, 4.69) is 5.32 Å². The van der Waals surface area contributed by atoms with E-state index in [1.807, 2.05) is 0 Å². The van der Waals surface area contributed by atoms with Crippen LogP contribution < -0.4 is 5.32 Å². The number of hydrogen-bond acceptors (Lipinski definition) is 2. The zero-order valence-corrected chi connectivity index (χ0v) is 10.4.